The Hall–Kier alpha value is -0.410. The van der Waals surface area contributed by atoms with Crippen molar-refractivity contribution in [3.8, 4) is 0 Å². The molecule has 1 aliphatic rings. The molecule has 1 aromatic carbocycles. The summed E-state index contributed by atoms with van der Waals surface area (Å²) in [5, 5.41) is 3.69. The van der Waals surface area contributed by atoms with Crippen LogP contribution < -0.4 is 5.32 Å². The molecular weight excluding hydrogens is 317 g/mol. The fraction of sp³-hybridized carbons (Fsp3) is 0.647. The molecule has 20 heavy (non-hydrogen) atoms. The molecule has 0 saturated heterocycles. The molecule has 0 heterocycles. The fourth-order valence-electron chi connectivity index (χ4n) is 3.68. The summed E-state index contributed by atoms with van der Waals surface area (Å²) in [6.45, 7) is 5.48. The highest BCUT2D eigenvalue weighted by Gasteiger charge is 2.39. The van der Waals surface area contributed by atoms with Crippen LogP contribution >= 0.6 is 15.9 Å². The summed E-state index contributed by atoms with van der Waals surface area (Å²) >= 11 is 3.29. The SMILES string of the molecule is CCNC(Cc1ccc(F)c(Br)c1)C1(CC)CCCC1. The molecule has 1 unspecified atom stereocenters. The van der Waals surface area contributed by atoms with Gasteiger partial charge in [0.05, 0.1) is 4.47 Å². The number of nitrogens with one attached hydrogen (secondary N) is 1. The predicted molar refractivity (Wildman–Crippen MR) is 86.5 cm³/mol. The first-order valence-electron chi connectivity index (χ1n) is 7.78. The molecule has 0 bridgehead atoms. The van der Waals surface area contributed by atoms with Gasteiger partial charge in [0.15, 0.2) is 0 Å². The third kappa shape index (κ3) is 3.43. The monoisotopic (exact) mass is 341 g/mol. The van der Waals surface area contributed by atoms with Crippen molar-refractivity contribution in [2.75, 3.05) is 6.54 Å². The number of hydrogen-bond acceptors (Lipinski definition) is 1. The average molecular weight is 342 g/mol. The van der Waals surface area contributed by atoms with Crippen LogP contribution in [0.3, 0.4) is 0 Å². The number of halogens is 2. The second-order valence-electron chi connectivity index (χ2n) is 5.99. The summed E-state index contributed by atoms with van der Waals surface area (Å²) in [6.07, 6.45) is 7.56. The summed E-state index contributed by atoms with van der Waals surface area (Å²) in [7, 11) is 0. The van der Waals surface area contributed by atoms with Gasteiger partial charge in [-0.25, -0.2) is 4.39 Å². The molecule has 0 radical (unpaired) electrons. The van der Waals surface area contributed by atoms with E-state index in [2.05, 4.69) is 35.1 Å². The van der Waals surface area contributed by atoms with E-state index < -0.39 is 0 Å². The molecule has 0 aliphatic heterocycles. The van der Waals surface area contributed by atoms with Crippen molar-refractivity contribution in [2.24, 2.45) is 5.41 Å². The minimum absolute atomic E-state index is 0.181. The highest BCUT2D eigenvalue weighted by molar-refractivity contribution is 9.10. The van der Waals surface area contributed by atoms with Crippen molar-refractivity contribution in [3.63, 3.8) is 0 Å². The number of rotatable bonds is 6. The molecule has 1 atom stereocenters. The summed E-state index contributed by atoms with van der Waals surface area (Å²) in [5.41, 5.74) is 1.64. The Labute approximate surface area is 130 Å². The van der Waals surface area contributed by atoms with Crippen molar-refractivity contribution >= 4 is 15.9 Å². The van der Waals surface area contributed by atoms with Crippen LogP contribution in [-0.2, 0) is 6.42 Å². The molecule has 0 amide bonds. The molecule has 1 fully saturated rings. The smallest absolute Gasteiger partial charge is 0.137 e. The molecule has 1 N–H and O–H groups in total. The maximum atomic E-state index is 13.4. The van der Waals surface area contributed by atoms with Crippen molar-refractivity contribution in [1.29, 1.82) is 0 Å². The third-order valence-electron chi connectivity index (χ3n) is 4.92. The van der Waals surface area contributed by atoms with E-state index >= 15 is 0 Å². The molecule has 1 saturated carbocycles. The van der Waals surface area contributed by atoms with Gasteiger partial charge in [0.2, 0.25) is 0 Å². The van der Waals surface area contributed by atoms with E-state index in [-0.39, 0.29) is 5.82 Å². The van der Waals surface area contributed by atoms with Crippen LogP contribution in [0.1, 0.15) is 51.5 Å². The van der Waals surface area contributed by atoms with Gasteiger partial charge in [-0.15, -0.1) is 0 Å². The van der Waals surface area contributed by atoms with Crippen LogP contribution in [0.25, 0.3) is 0 Å². The Bertz CT molecular complexity index is 441. The first-order valence-corrected chi connectivity index (χ1v) is 8.58. The van der Waals surface area contributed by atoms with E-state index in [1.165, 1.54) is 37.7 Å². The van der Waals surface area contributed by atoms with E-state index in [1.54, 1.807) is 6.07 Å². The van der Waals surface area contributed by atoms with Gasteiger partial charge >= 0.3 is 0 Å². The van der Waals surface area contributed by atoms with Gasteiger partial charge in [-0.2, -0.15) is 0 Å². The Morgan fingerprint density at radius 1 is 1.30 bits per heavy atom. The molecule has 3 heteroatoms. The lowest BCUT2D eigenvalue weighted by Crippen LogP contribution is -2.45. The Morgan fingerprint density at radius 3 is 2.55 bits per heavy atom. The van der Waals surface area contributed by atoms with Crippen LogP contribution in [0.15, 0.2) is 22.7 Å². The molecule has 2 rings (SSSR count). The minimum Gasteiger partial charge on any atom is -0.313 e. The standard InChI is InChI=1S/C17H25BrFN/c1-3-17(9-5-6-10-17)16(20-4-2)12-13-7-8-15(19)14(18)11-13/h7-8,11,16,20H,3-6,9-10,12H2,1-2H3. The maximum absolute atomic E-state index is 13.4. The molecular formula is C17H25BrFN. The maximum Gasteiger partial charge on any atom is 0.137 e. The first-order chi connectivity index (χ1) is 9.61. The average Bonchev–Trinajstić information content (AvgIpc) is 2.92. The minimum atomic E-state index is -0.181. The number of hydrogen-bond donors (Lipinski definition) is 1. The van der Waals surface area contributed by atoms with Gasteiger partial charge in [-0.1, -0.05) is 32.8 Å². The van der Waals surface area contributed by atoms with Crippen molar-refractivity contribution in [2.45, 2.75) is 58.4 Å². The molecule has 0 spiro atoms. The Kier molecular flexibility index (Phi) is 5.62. The Morgan fingerprint density at radius 2 is 2.00 bits per heavy atom. The number of benzene rings is 1. The van der Waals surface area contributed by atoms with Crippen LogP contribution in [0.2, 0.25) is 0 Å². The van der Waals surface area contributed by atoms with Crippen molar-refractivity contribution in [1.82, 2.24) is 5.32 Å². The van der Waals surface area contributed by atoms with Gasteiger partial charge < -0.3 is 5.32 Å². The second-order valence-corrected chi connectivity index (χ2v) is 6.84. The predicted octanol–water partition coefficient (Wildman–Crippen LogP) is 5.08. The topological polar surface area (TPSA) is 12.0 Å². The van der Waals surface area contributed by atoms with Gasteiger partial charge in [0.1, 0.15) is 5.82 Å². The molecule has 0 aromatic heterocycles. The highest BCUT2D eigenvalue weighted by Crippen LogP contribution is 2.44. The zero-order chi connectivity index (χ0) is 14.6. The van der Waals surface area contributed by atoms with E-state index in [0.29, 0.717) is 15.9 Å². The van der Waals surface area contributed by atoms with Crippen LogP contribution in [-0.4, -0.2) is 12.6 Å². The van der Waals surface area contributed by atoms with Gasteiger partial charge in [-0.3, -0.25) is 0 Å². The van der Waals surface area contributed by atoms with Crippen LogP contribution in [0.5, 0.6) is 0 Å². The zero-order valence-electron chi connectivity index (χ0n) is 12.5. The van der Waals surface area contributed by atoms with Gasteiger partial charge in [0.25, 0.3) is 0 Å². The third-order valence-corrected chi connectivity index (χ3v) is 5.52. The summed E-state index contributed by atoms with van der Waals surface area (Å²) in [5.74, 6) is -0.181. The highest BCUT2D eigenvalue weighted by atomic mass is 79.9. The van der Waals surface area contributed by atoms with Crippen molar-refractivity contribution < 1.29 is 4.39 Å². The van der Waals surface area contributed by atoms with E-state index in [0.717, 1.165) is 13.0 Å². The van der Waals surface area contributed by atoms with Gasteiger partial charge in [0, 0.05) is 6.04 Å². The van der Waals surface area contributed by atoms with Crippen LogP contribution in [0.4, 0.5) is 4.39 Å². The number of likely N-dealkylation sites (N-methyl/N-ethyl adjacent to an activating group) is 1. The second kappa shape index (κ2) is 7.04. The lowest BCUT2D eigenvalue weighted by molar-refractivity contribution is 0.186. The summed E-state index contributed by atoms with van der Waals surface area (Å²) < 4.78 is 13.9. The molecule has 112 valence electrons. The fourth-order valence-corrected chi connectivity index (χ4v) is 4.11. The lowest BCUT2D eigenvalue weighted by Gasteiger charge is -2.38. The quantitative estimate of drug-likeness (QED) is 0.760. The normalized spacial score (nSPS) is 19.2. The van der Waals surface area contributed by atoms with E-state index in [4.69, 9.17) is 0 Å². The van der Waals surface area contributed by atoms with Crippen LogP contribution in [0, 0.1) is 11.2 Å². The first kappa shape index (κ1) is 16.0. The van der Waals surface area contributed by atoms with E-state index in [9.17, 15) is 4.39 Å². The molecule has 1 nitrogen and oxygen atoms in total. The lowest BCUT2D eigenvalue weighted by atomic mass is 9.74. The van der Waals surface area contributed by atoms with E-state index in [1.807, 2.05) is 12.1 Å². The summed E-state index contributed by atoms with van der Waals surface area (Å²) in [6, 6.07) is 5.91. The zero-order valence-corrected chi connectivity index (χ0v) is 14.1. The Balaban J connectivity index is 2.18. The largest absolute Gasteiger partial charge is 0.313 e. The molecule has 1 aliphatic carbocycles. The summed E-state index contributed by atoms with van der Waals surface area (Å²) in [4.78, 5) is 0. The van der Waals surface area contributed by atoms with Gasteiger partial charge in [-0.05, 0) is 71.3 Å². The molecule has 1 aromatic rings. The van der Waals surface area contributed by atoms with Crippen molar-refractivity contribution in [3.05, 3.63) is 34.1 Å².